The first-order valence-corrected chi connectivity index (χ1v) is 11.5. The lowest BCUT2D eigenvalue weighted by atomic mass is 9.94. The zero-order chi connectivity index (χ0) is 24.5. The van der Waals surface area contributed by atoms with Crippen LogP contribution in [0.3, 0.4) is 0 Å². The van der Waals surface area contributed by atoms with Crippen molar-refractivity contribution in [3.63, 3.8) is 0 Å². The Kier molecular flexibility index (Phi) is 6.08. The van der Waals surface area contributed by atoms with Crippen LogP contribution < -0.4 is 9.64 Å². The number of anilines is 1. The summed E-state index contributed by atoms with van der Waals surface area (Å²) in [6.45, 7) is 2.13. The number of H-pyrrole nitrogens is 1. The SMILES string of the molecule is CN(C)CCN(C)c1nc(C2COc3ccc(C(=O)O)cc3C2)nc2ccc(-c3cn[nH]c3)cc12. The number of nitrogens with zero attached hydrogens (tertiary/aromatic N) is 5. The maximum Gasteiger partial charge on any atom is 0.335 e. The van der Waals surface area contributed by atoms with Gasteiger partial charge in [0.15, 0.2) is 0 Å². The van der Waals surface area contributed by atoms with Gasteiger partial charge in [-0.15, -0.1) is 0 Å². The van der Waals surface area contributed by atoms with E-state index in [-0.39, 0.29) is 11.5 Å². The number of nitrogens with one attached hydrogen (secondary N) is 1. The van der Waals surface area contributed by atoms with Gasteiger partial charge in [-0.2, -0.15) is 5.10 Å². The summed E-state index contributed by atoms with van der Waals surface area (Å²) in [6.07, 6.45) is 4.29. The van der Waals surface area contributed by atoms with Crippen molar-refractivity contribution < 1.29 is 14.6 Å². The molecule has 1 aliphatic heterocycles. The van der Waals surface area contributed by atoms with Crippen molar-refractivity contribution in [2.75, 3.05) is 45.7 Å². The smallest absolute Gasteiger partial charge is 0.335 e. The maximum absolute atomic E-state index is 11.4. The third-order valence-corrected chi connectivity index (χ3v) is 6.35. The van der Waals surface area contributed by atoms with Gasteiger partial charge in [0.2, 0.25) is 0 Å². The summed E-state index contributed by atoms with van der Waals surface area (Å²) in [5.74, 6) is 1.26. The quantitative estimate of drug-likeness (QED) is 0.421. The van der Waals surface area contributed by atoms with Crippen LogP contribution in [0.1, 0.15) is 27.7 Å². The number of rotatable bonds is 7. The van der Waals surface area contributed by atoms with E-state index in [9.17, 15) is 9.90 Å². The lowest BCUT2D eigenvalue weighted by Gasteiger charge is -2.27. The number of aromatic nitrogens is 4. The molecular formula is C26H28N6O3. The summed E-state index contributed by atoms with van der Waals surface area (Å²) in [5.41, 5.74) is 4.02. The third kappa shape index (κ3) is 4.67. The molecule has 0 radical (unpaired) electrons. The van der Waals surface area contributed by atoms with E-state index in [1.807, 2.05) is 25.4 Å². The molecule has 1 aliphatic rings. The molecule has 1 atom stereocenters. The van der Waals surface area contributed by atoms with Crippen LogP contribution in [0.15, 0.2) is 48.8 Å². The van der Waals surface area contributed by atoms with Crippen LogP contribution in [0, 0.1) is 0 Å². The summed E-state index contributed by atoms with van der Waals surface area (Å²) in [6, 6.07) is 11.2. The fourth-order valence-corrected chi connectivity index (χ4v) is 4.34. The van der Waals surface area contributed by atoms with Gasteiger partial charge in [0.1, 0.15) is 17.4 Å². The number of aromatic carboxylic acids is 1. The normalized spacial score (nSPS) is 15.1. The topological polar surface area (TPSA) is 107 Å². The molecule has 2 N–H and O–H groups in total. The number of fused-ring (bicyclic) bond motifs is 2. The Hall–Kier alpha value is -3.98. The highest BCUT2D eigenvalue weighted by atomic mass is 16.5. The average molecular weight is 473 g/mol. The van der Waals surface area contributed by atoms with Gasteiger partial charge in [-0.05, 0) is 62.0 Å². The molecule has 35 heavy (non-hydrogen) atoms. The molecule has 3 heterocycles. The second kappa shape index (κ2) is 9.34. The van der Waals surface area contributed by atoms with Crippen molar-refractivity contribution in [3.8, 4) is 16.9 Å². The monoisotopic (exact) mass is 472 g/mol. The minimum Gasteiger partial charge on any atom is -0.493 e. The number of carboxylic acids is 1. The van der Waals surface area contributed by atoms with E-state index in [2.05, 4.69) is 40.2 Å². The van der Waals surface area contributed by atoms with Crippen molar-refractivity contribution in [1.29, 1.82) is 0 Å². The molecule has 0 amide bonds. The Morgan fingerprint density at radius 2 is 1.97 bits per heavy atom. The molecule has 0 fully saturated rings. The molecule has 9 nitrogen and oxygen atoms in total. The second-order valence-electron chi connectivity index (χ2n) is 9.19. The molecule has 0 bridgehead atoms. The number of aromatic amines is 1. The minimum absolute atomic E-state index is 0.0782. The first kappa shape index (κ1) is 22.8. The van der Waals surface area contributed by atoms with Gasteiger partial charge in [0.25, 0.3) is 0 Å². The highest BCUT2D eigenvalue weighted by Gasteiger charge is 2.26. The fourth-order valence-electron chi connectivity index (χ4n) is 4.34. The molecular weight excluding hydrogens is 444 g/mol. The molecule has 2 aromatic heterocycles. The lowest BCUT2D eigenvalue weighted by molar-refractivity contribution is 0.0696. The first-order valence-electron chi connectivity index (χ1n) is 11.5. The van der Waals surface area contributed by atoms with Crippen molar-refractivity contribution in [2.24, 2.45) is 0 Å². The van der Waals surface area contributed by atoms with Crippen LogP contribution in [0.2, 0.25) is 0 Å². The Morgan fingerprint density at radius 1 is 1.11 bits per heavy atom. The maximum atomic E-state index is 11.4. The summed E-state index contributed by atoms with van der Waals surface area (Å²) >= 11 is 0. The number of hydrogen-bond acceptors (Lipinski definition) is 7. The number of ether oxygens (including phenoxy) is 1. The van der Waals surface area contributed by atoms with Gasteiger partial charge in [-0.3, -0.25) is 5.10 Å². The van der Waals surface area contributed by atoms with Crippen molar-refractivity contribution in [1.82, 2.24) is 25.1 Å². The Morgan fingerprint density at radius 3 is 2.71 bits per heavy atom. The molecule has 180 valence electrons. The van der Waals surface area contributed by atoms with E-state index >= 15 is 0 Å². The van der Waals surface area contributed by atoms with Crippen LogP contribution in [0.4, 0.5) is 5.82 Å². The standard InChI is InChI=1S/C26H28N6O3/c1-31(2)8-9-32(3)25-21-12-16(20-13-27-28-14-20)4-6-22(21)29-24(30-25)19-11-18-10-17(26(33)34)5-7-23(18)35-15-19/h4-7,10,12-14,19H,8-9,11,15H2,1-3H3,(H,27,28)(H,33,34). The zero-order valence-corrected chi connectivity index (χ0v) is 20.0. The van der Waals surface area contributed by atoms with E-state index in [1.54, 1.807) is 24.4 Å². The number of likely N-dealkylation sites (N-methyl/N-ethyl adjacent to an activating group) is 2. The Balaban J connectivity index is 1.55. The molecule has 1 unspecified atom stereocenters. The molecule has 0 saturated heterocycles. The van der Waals surface area contributed by atoms with E-state index < -0.39 is 5.97 Å². The largest absolute Gasteiger partial charge is 0.493 e. The minimum atomic E-state index is -0.949. The predicted molar refractivity (Wildman–Crippen MR) is 134 cm³/mol. The van der Waals surface area contributed by atoms with Crippen LogP contribution in [0.25, 0.3) is 22.0 Å². The average Bonchev–Trinajstić information content (AvgIpc) is 3.40. The van der Waals surface area contributed by atoms with Gasteiger partial charge in [0.05, 0.1) is 29.8 Å². The Labute approximate surface area is 203 Å². The fraction of sp³-hybridized carbons (Fsp3) is 0.308. The Bertz CT molecular complexity index is 1370. The molecule has 0 aliphatic carbocycles. The molecule has 0 spiro atoms. The van der Waals surface area contributed by atoms with E-state index in [1.165, 1.54) is 0 Å². The number of carbonyl (C=O) groups is 1. The van der Waals surface area contributed by atoms with Gasteiger partial charge in [0, 0.05) is 37.3 Å². The first-order chi connectivity index (χ1) is 16.9. The predicted octanol–water partition coefficient (Wildman–Crippen LogP) is 3.43. The highest BCUT2D eigenvalue weighted by Crippen LogP contribution is 2.35. The van der Waals surface area contributed by atoms with Crippen molar-refractivity contribution in [2.45, 2.75) is 12.3 Å². The van der Waals surface area contributed by atoms with Crippen LogP contribution in [0.5, 0.6) is 5.75 Å². The molecule has 9 heteroatoms. The molecule has 5 rings (SSSR count). The lowest BCUT2D eigenvalue weighted by Crippen LogP contribution is -2.30. The number of carboxylic acid groups (broad SMARTS) is 1. The van der Waals surface area contributed by atoms with Crippen LogP contribution in [-0.4, -0.2) is 77.0 Å². The second-order valence-corrected chi connectivity index (χ2v) is 9.19. The third-order valence-electron chi connectivity index (χ3n) is 6.35. The van der Waals surface area contributed by atoms with Crippen molar-refractivity contribution >= 4 is 22.7 Å². The highest BCUT2D eigenvalue weighted by molar-refractivity contribution is 5.93. The summed E-state index contributed by atoms with van der Waals surface area (Å²) < 4.78 is 5.98. The number of benzene rings is 2. The number of hydrogen-bond donors (Lipinski definition) is 2. The van der Waals surface area contributed by atoms with E-state index in [0.29, 0.717) is 18.9 Å². The van der Waals surface area contributed by atoms with Gasteiger partial charge in [-0.25, -0.2) is 14.8 Å². The van der Waals surface area contributed by atoms with Gasteiger partial charge in [-0.1, -0.05) is 6.07 Å². The summed E-state index contributed by atoms with van der Waals surface area (Å²) in [4.78, 5) is 25.7. The van der Waals surface area contributed by atoms with Crippen molar-refractivity contribution in [3.05, 3.63) is 65.7 Å². The van der Waals surface area contributed by atoms with Gasteiger partial charge < -0.3 is 19.6 Å². The summed E-state index contributed by atoms with van der Waals surface area (Å²) in [7, 11) is 6.15. The molecule has 2 aromatic carbocycles. The zero-order valence-electron chi connectivity index (χ0n) is 20.0. The molecule has 4 aromatic rings. The van der Waals surface area contributed by atoms with E-state index in [4.69, 9.17) is 14.7 Å². The molecule has 0 saturated carbocycles. The van der Waals surface area contributed by atoms with Crippen LogP contribution in [-0.2, 0) is 6.42 Å². The van der Waals surface area contributed by atoms with Crippen LogP contribution >= 0.6 is 0 Å². The summed E-state index contributed by atoms with van der Waals surface area (Å²) in [5, 5.41) is 17.3. The van der Waals surface area contributed by atoms with E-state index in [0.717, 1.165) is 52.3 Å². The van der Waals surface area contributed by atoms with Gasteiger partial charge >= 0.3 is 5.97 Å².